The number of hydrogen-bond acceptors (Lipinski definition) is 4. The van der Waals surface area contributed by atoms with E-state index in [2.05, 4.69) is 63.0 Å². The van der Waals surface area contributed by atoms with Gasteiger partial charge in [-0.1, -0.05) is 50.6 Å². The van der Waals surface area contributed by atoms with Gasteiger partial charge in [-0.05, 0) is 123 Å². The molecule has 5 nitrogen and oxygen atoms in total. The molecule has 7 heteroatoms. The highest BCUT2D eigenvalue weighted by Crippen LogP contribution is 2.49. The summed E-state index contributed by atoms with van der Waals surface area (Å²) in [6, 6.07) is 11.7. The van der Waals surface area contributed by atoms with Crippen molar-refractivity contribution in [3.05, 3.63) is 70.3 Å². The Bertz CT molecular complexity index is 1420. The van der Waals surface area contributed by atoms with Crippen LogP contribution in [0.25, 0.3) is 0 Å². The molecule has 238 valence electrons. The van der Waals surface area contributed by atoms with Gasteiger partial charge < -0.3 is 19.2 Å². The van der Waals surface area contributed by atoms with E-state index in [-0.39, 0.29) is 16.6 Å². The number of rotatable bonds is 7. The highest BCUT2D eigenvalue weighted by molar-refractivity contribution is 6.74. The number of hydrogen-bond donors (Lipinski definition) is 1. The second-order valence-electron chi connectivity index (χ2n) is 15.5. The third-order valence-corrected chi connectivity index (χ3v) is 16.3. The van der Waals surface area contributed by atoms with Crippen molar-refractivity contribution in [1.29, 1.82) is 0 Å². The van der Waals surface area contributed by atoms with Crippen LogP contribution in [-0.2, 0) is 16.3 Å². The van der Waals surface area contributed by atoms with Crippen molar-refractivity contribution < 1.29 is 19.1 Å². The Kier molecular flexibility index (Phi) is 8.75. The summed E-state index contributed by atoms with van der Waals surface area (Å²) >= 11 is 6.45. The zero-order chi connectivity index (χ0) is 31.3. The molecule has 2 unspecified atom stereocenters. The maximum absolute atomic E-state index is 12.1. The molecule has 1 fully saturated rings. The Balaban J connectivity index is 1.35. The van der Waals surface area contributed by atoms with Crippen LogP contribution in [0.1, 0.15) is 87.2 Å². The number of ether oxygens (including phenoxy) is 1. The quantitative estimate of drug-likeness (QED) is 0.243. The van der Waals surface area contributed by atoms with E-state index < -0.39 is 14.3 Å². The fraction of sp³-hybridized carbons (Fsp3) is 0.595. The van der Waals surface area contributed by atoms with Gasteiger partial charge in [0.25, 0.3) is 0 Å². The summed E-state index contributed by atoms with van der Waals surface area (Å²) in [5, 5.41) is 10.9. The third kappa shape index (κ3) is 6.11. The van der Waals surface area contributed by atoms with Gasteiger partial charge in [0, 0.05) is 29.4 Å². The van der Waals surface area contributed by atoms with E-state index >= 15 is 0 Å². The van der Waals surface area contributed by atoms with Crippen LogP contribution in [0.15, 0.2) is 48.6 Å². The predicted octanol–water partition coefficient (Wildman–Crippen LogP) is 9.28. The zero-order valence-corrected chi connectivity index (χ0v) is 29.0. The van der Waals surface area contributed by atoms with E-state index in [0.717, 1.165) is 48.8 Å². The molecule has 0 radical (unpaired) electrons. The molecular formula is C37H50ClNO4Si. The molecule has 5 atom stereocenters. The summed E-state index contributed by atoms with van der Waals surface area (Å²) in [6.45, 7) is 14.1. The number of benzene rings is 2. The standard InChI is InChI=1S/C37H50ClNO4Si/c1-36(2,3)44(4,5)43-34(25-10-7-6-8-11-25)30-16-13-28(30)22-39-23-37(19-9-12-26-20-29(38)15-17-31(26)37)24-42-33-18-14-27(35(40)41)21-32(33)39/h7,10,14-15,17-18,20-21,25,28,30,34H,6,8-9,11-13,16,19,22-24H2,1-5H3,(H,40,41)/t25-,28-,30+,34?,37?/m0/s1. The number of anilines is 1. The lowest BCUT2D eigenvalue weighted by molar-refractivity contribution is -0.00454. The van der Waals surface area contributed by atoms with E-state index in [9.17, 15) is 9.90 Å². The largest absolute Gasteiger partial charge is 0.490 e. The van der Waals surface area contributed by atoms with E-state index in [0.29, 0.717) is 29.9 Å². The maximum atomic E-state index is 12.1. The van der Waals surface area contributed by atoms with Crippen LogP contribution in [0.2, 0.25) is 23.2 Å². The summed E-state index contributed by atoms with van der Waals surface area (Å²) in [4.78, 5) is 14.6. The lowest BCUT2D eigenvalue weighted by atomic mass is 9.66. The Hall–Kier alpha value is -2.28. The smallest absolute Gasteiger partial charge is 0.335 e. The van der Waals surface area contributed by atoms with Gasteiger partial charge >= 0.3 is 5.97 Å². The molecule has 4 aliphatic rings. The molecule has 0 aromatic heterocycles. The van der Waals surface area contributed by atoms with E-state index in [1.807, 2.05) is 18.2 Å². The minimum atomic E-state index is -1.98. The monoisotopic (exact) mass is 635 g/mol. The average molecular weight is 636 g/mol. The Labute approximate surface area is 270 Å². The van der Waals surface area contributed by atoms with Crippen molar-refractivity contribution in [3.8, 4) is 5.75 Å². The van der Waals surface area contributed by atoms with Crippen molar-refractivity contribution in [3.63, 3.8) is 0 Å². The normalized spacial score (nSPS) is 27.5. The van der Waals surface area contributed by atoms with Gasteiger partial charge in [-0.3, -0.25) is 0 Å². The zero-order valence-electron chi connectivity index (χ0n) is 27.2. The van der Waals surface area contributed by atoms with Crippen molar-refractivity contribution in [2.45, 2.75) is 102 Å². The average Bonchev–Trinajstić information content (AvgIpc) is 3.11. The number of carboxylic acid groups (broad SMARTS) is 1. The molecule has 0 saturated heterocycles. The number of nitrogens with zero attached hydrogens (tertiary/aromatic N) is 1. The SMILES string of the molecule is CC(C)(C)[Si](C)(C)OC([C@H]1C=CCCC1)[C@@H]1CC[C@H]1CN1CC2(CCCc3cc(Cl)ccc32)COc2ccc(C(=O)O)cc21. The molecule has 0 amide bonds. The van der Waals surface area contributed by atoms with Gasteiger partial charge in [0.2, 0.25) is 0 Å². The first-order valence-electron chi connectivity index (χ1n) is 16.8. The highest BCUT2D eigenvalue weighted by Gasteiger charge is 2.48. The second-order valence-corrected chi connectivity index (χ2v) is 20.7. The Morgan fingerprint density at radius 1 is 1.16 bits per heavy atom. The summed E-state index contributed by atoms with van der Waals surface area (Å²) in [6.07, 6.45) is 14.2. The van der Waals surface area contributed by atoms with Crippen molar-refractivity contribution in [2.24, 2.45) is 17.8 Å². The van der Waals surface area contributed by atoms with E-state index in [4.69, 9.17) is 20.8 Å². The number of carbonyl (C=O) groups is 1. The third-order valence-electron chi connectivity index (χ3n) is 11.6. The fourth-order valence-electron chi connectivity index (χ4n) is 7.91. The number of allylic oxidation sites excluding steroid dienone is 1. The fourth-order valence-corrected chi connectivity index (χ4v) is 9.48. The first-order valence-corrected chi connectivity index (χ1v) is 20.0. The van der Waals surface area contributed by atoms with Crippen LogP contribution in [0.4, 0.5) is 5.69 Å². The Morgan fingerprint density at radius 3 is 2.66 bits per heavy atom. The van der Waals surface area contributed by atoms with Crippen molar-refractivity contribution in [1.82, 2.24) is 0 Å². The van der Waals surface area contributed by atoms with Gasteiger partial charge in [0.05, 0.1) is 24.0 Å². The van der Waals surface area contributed by atoms with Crippen LogP contribution in [-0.4, -0.2) is 45.2 Å². The van der Waals surface area contributed by atoms with Crippen LogP contribution in [0.5, 0.6) is 5.75 Å². The molecule has 1 saturated carbocycles. The predicted molar refractivity (Wildman–Crippen MR) is 182 cm³/mol. The molecule has 3 aliphatic carbocycles. The first kappa shape index (κ1) is 31.7. The Morgan fingerprint density at radius 2 is 1.98 bits per heavy atom. The molecule has 1 heterocycles. The number of aryl methyl sites for hydroxylation is 1. The number of carboxylic acids is 1. The molecule has 1 spiro atoms. The summed E-state index contributed by atoms with van der Waals surface area (Å²) in [5.41, 5.74) is 3.69. The van der Waals surface area contributed by atoms with Crippen LogP contribution < -0.4 is 9.64 Å². The first-order chi connectivity index (χ1) is 20.9. The highest BCUT2D eigenvalue weighted by atomic mass is 35.5. The van der Waals surface area contributed by atoms with Crippen LogP contribution in [0.3, 0.4) is 0 Å². The van der Waals surface area contributed by atoms with E-state index in [1.54, 1.807) is 6.07 Å². The van der Waals surface area contributed by atoms with Crippen molar-refractivity contribution >= 4 is 31.6 Å². The van der Waals surface area contributed by atoms with Gasteiger partial charge in [-0.2, -0.15) is 0 Å². The maximum Gasteiger partial charge on any atom is 0.335 e. The minimum absolute atomic E-state index is 0.154. The molecule has 2 aromatic rings. The topological polar surface area (TPSA) is 59.0 Å². The molecule has 1 N–H and O–H groups in total. The number of halogens is 1. The summed E-state index contributed by atoms with van der Waals surface area (Å²) < 4.78 is 13.9. The van der Waals surface area contributed by atoms with Crippen LogP contribution >= 0.6 is 11.6 Å². The summed E-state index contributed by atoms with van der Waals surface area (Å²) in [5.74, 6) is 1.31. The summed E-state index contributed by atoms with van der Waals surface area (Å²) in [7, 11) is -1.98. The number of aromatic carboxylic acids is 1. The second kappa shape index (κ2) is 12.1. The van der Waals surface area contributed by atoms with Gasteiger partial charge in [-0.25, -0.2) is 4.79 Å². The lowest BCUT2D eigenvalue weighted by Gasteiger charge is -2.51. The van der Waals surface area contributed by atoms with Gasteiger partial charge in [0.1, 0.15) is 5.75 Å². The molecule has 2 aromatic carbocycles. The van der Waals surface area contributed by atoms with Gasteiger partial charge in [0.15, 0.2) is 8.32 Å². The minimum Gasteiger partial charge on any atom is -0.490 e. The van der Waals surface area contributed by atoms with Crippen molar-refractivity contribution in [2.75, 3.05) is 24.6 Å². The molecule has 6 rings (SSSR count). The van der Waals surface area contributed by atoms with Crippen LogP contribution in [0, 0.1) is 17.8 Å². The lowest BCUT2D eigenvalue weighted by Crippen LogP contribution is -2.54. The van der Waals surface area contributed by atoms with E-state index in [1.165, 1.54) is 43.2 Å². The molecular weight excluding hydrogens is 586 g/mol. The molecule has 0 bridgehead atoms. The number of fused-ring (bicyclic) bond motifs is 3. The van der Waals surface area contributed by atoms with Gasteiger partial charge in [-0.15, -0.1) is 0 Å². The molecule has 1 aliphatic heterocycles. The molecule has 44 heavy (non-hydrogen) atoms.